The molecule has 0 atom stereocenters. The van der Waals surface area contributed by atoms with E-state index in [1.54, 1.807) is 5.57 Å². The summed E-state index contributed by atoms with van der Waals surface area (Å²) >= 11 is 0. The number of hydrogen-bond donors (Lipinski definition) is 0. The summed E-state index contributed by atoms with van der Waals surface area (Å²) in [6.45, 7) is 8.32. The smallest absolute Gasteiger partial charge is 0.0443 e. The van der Waals surface area contributed by atoms with E-state index in [1.165, 1.54) is 102 Å². The van der Waals surface area contributed by atoms with Crippen LogP contribution in [0.2, 0.25) is 0 Å². The average Bonchev–Trinajstić information content (AvgIpc) is 2.70. The van der Waals surface area contributed by atoms with Gasteiger partial charge in [-0.15, -0.1) is 0 Å². The van der Waals surface area contributed by atoms with E-state index in [1.807, 2.05) is 0 Å². The van der Waals surface area contributed by atoms with Crippen molar-refractivity contribution in [2.24, 2.45) is 5.41 Å². The molecular weight excluding hydrogens is 316 g/mol. The van der Waals surface area contributed by atoms with Gasteiger partial charge in [0.25, 0.3) is 0 Å². The minimum atomic E-state index is 0.655. The standard InChI is InChI=1S/C24H36N2/c1-2-16-25-17-19-26(20-18-25)23-9-5-4-8-22(23)21-10-14-24(15-11-21)12-6-3-7-13-24/h4-5,8-10H,2-3,6-7,11-20H2,1H3. The van der Waals surface area contributed by atoms with E-state index in [-0.39, 0.29) is 0 Å². The Hall–Kier alpha value is -1.28. The molecule has 0 unspecified atom stereocenters. The lowest BCUT2D eigenvalue weighted by molar-refractivity contribution is 0.172. The molecule has 2 nitrogen and oxygen atoms in total. The highest BCUT2D eigenvalue weighted by Gasteiger charge is 2.33. The Morgan fingerprint density at radius 1 is 0.923 bits per heavy atom. The van der Waals surface area contributed by atoms with Crippen LogP contribution in [-0.4, -0.2) is 37.6 Å². The molecule has 0 radical (unpaired) electrons. The second-order valence-corrected chi connectivity index (χ2v) is 8.84. The Morgan fingerprint density at radius 3 is 2.38 bits per heavy atom. The van der Waals surface area contributed by atoms with E-state index >= 15 is 0 Å². The van der Waals surface area contributed by atoms with Crippen LogP contribution in [-0.2, 0) is 0 Å². The highest BCUT2D eigenvalue weighted by molar-refractivity contribution is 5.77. The second-order valence-electron chi connectivity index (χ2n) is 8.84. The molecule has 1 heterocycles. The van der Waals surface area contributed by atoms with E-state index in [4.69, 9.17) is 0 Å². The summed E-state index contributed by atoms with van der Waals surface area (Å²) < 4.78 is 0. The van der Waals surface area contributed by atoms with Crippen molar-refractivity contribution in [2.75, 3.05) is 37.6 Å². The van der Waals surface area contributed by atoms with Crippen LogP contribution in [0.5, 0.6) is 0 Å². The van der Waals surface area contributed by atoms with Crippen LogP contribution >= 0.6 is 0 Å². The van der Waals surface area contributed by atoms with Gasteiger partial charge in [0.2, 0.25) is 0 Å². The quantitative estimate of drug-likeness (QED) is 0.682. The molecule has 1 spiro atoms. The predicted molar refractivity (Wildman–Crippen MR) is 113 cm³/mol. The minimum absolute atomic E-state index is 0.655. The Balaban J connectivity index is 1.48. The fourth-order valence-corrected chi connectivity index (χ4v) is 5.49. The third-order valence-corrected chi connectivity index (χ3v) is 7.12. The normalized spacial score (nSPS) is 23.9. The summed E-state index contributed by atoms with van der Waals surface area (Å²) in [5.74, 6) is 0. The van der Waals surface area contributed by atoms with E-state index in [2.05, 4.69) is 47.1 Å². The van der Waals surface area contributed by atoms with Crippen molar-refractivity contribution in [1.82, 2.24) is 4.90 Å². The fraction of sp³-hybridized carbons (Fsp3) is 0.667. The average molecular weight is 353 g/mol. The third-order valence-electron chi connectivity index (χ3n) is 7.12. The van der Waals surface area contributed by atoms with Crippen LogP contribution in [0, 0.1) is 5.41 Å². The summed E-state index contributed by atoms with van der Waals surface area (Å²) in [5, 5.41) is 0. The maximum absolute atomic E-state index is 2.63. The molecule has 142 valence electrons. The largest absolute Gasteiger partial charge is 0.368 e. The second kappa shape index (κ2) is 8.17. The molecule has 2 aliphatic carbocycles. The van der Waals surface area contributed by atoms with Gasteiger partial charge in [-0.2, -0.15) is 0 Å². The van der Waals surface area contributed by atoms with Gasteiger partial charge in [0.05, 0.1) is 0 Å². The predicted octanol–water partition coefficient (Wildman–Crippen LogP) is 5.74. The van der Waals surface area contributed by atoms with Crippen LogP contribution in [0.15, 0.2) is 30.3 Å². The molecule has 0 N–H and O–H groups in total. The van der Waals surface area contributed by atoms with E-state index in [0.29, 0.717) is 5.41 Å². The van der Waals surface area contributed by atoms with Crippen LogP contribution < -0.4 is 4.90 Å². The molecule has 1 aromatic carbocycles. The van der Waals surface area contributed by atoms with Crippen LogP contribution in [0.1, 0.15) is 70.3 Å². The third kappa shape index (κ3) is 3.86. The zero-order valence-corrected chi connectivity index (χ0v) is 16.7. The number of rotatable bonds is 4. The molecule has 4 rings (SSSR count). The van der Waals surface area contributed by atoms with Crippen molar-refractivity contribution in [3.63, 3.8) is 0 Å². The molecule has 1 saturated carbocycles. The van der Waals surface area contributed by atoms with Gasteiger partial charge in [0, 0.05) is 37.4 Å². The van der Waals surface area contributed by atoms with Gasteiger partial charge in [-0.25, -0.2) is 0 Å². The van der Waals surface area contributed by atoms with Gasteiger partial charge in [-0.05, 0) is 62.1 Å². The molecule has 2 heteroatoms. The van der Waals surface area contributed by atoms with Crippen LogP contribution in [0.3, 0.4) is 0 Å². The van der Waals surface area contributed by atoms with Crippen molar-refractivity contribution in [3.8, 4) is 0 Å². The lowest BCUT2D eigenvalue weighted by Crippen LogP contribution is -2.46. The minimum Gasteiger partial charge on any atom is -0.368 e. The number of hydrogen-bond acceptors (Lipinski definition) is 2. The number of nitrogens with zero attached hydrogens (tertiary/aromatic N) is 2. The Morgan fingerprint density at radius 2 is 1.69 bits per heavy atom. The Bertz CT molecular complexity index is 619. The lowest BCUT2D eigenvalue weighted by atomic mass is 9.65. The zero-order valence-electron chi connectivity index (χ0n) is 16.7. The summed E-state index contributed by atoms with van der Waals surface area (Å²) in [7, 11) is 0. The van der Waals surface area contributed by atoms with Gasteiger partial charge in [0.1, 0.15) is 0 Å². The Labute approximate surface area is 160 Å². The molecule has 1 aromatic rings. The van der Waals surface area contributed by atoms with E-state index in [0.717, 1.165) is 0 Å². The van der Waals surface area contributed by atoms with Crippen molar-refractivity contribution in [3.05, 3.63) is 35.9 Å². The summed E-state index contributed by atoms with van der Waals surface area (Å²) in [6, 6.07) is 9.19. The first-order chi connectivity index (χ1) is 12.8. The summed E-state index contributed by atoms with van der Waals surface area (Å²) in [4.78, 5) is 5.25. The molecule has 2 fully saturated rings. The molecule has 0 bridgehead atoms. The molecule has 1 aliphatic heterocycles. The molecule has 26 heavy (non-hydrogen) atoms. The van der Waals surface area contributed by atoms with Crippen LogP contribution in [0.25, 0.3) is 5.57 Å². The van der Waals surface area contributed by atoms with Gasteiger partial charge < -0.3 is 4.90 Å². The highest BCUT2D eigenvalue weighted by Crippen LogP contribution is 2.49. The lowest BCUT2D eigenvalue weighted by Gasteiger charge is -2.41. The molecule has 0 aromatic heterocycles. The van der Waals surface area contributed by atoms with E-state index < -0.39 is 0 Å². The zero-order chi connectivity index (χ0) is 17.8. The number of para-hydroxylation sites is 1. The molecular formula is C24H36N2. The number of allylic oxidation sites excluding steroid dienone is 2. The maximum atomic E-state index is 2.63. The molecule has 3 aliphatic rings. The highest BCUT2D eigenvalue weighted by atomic mass is 15.3. The first kappa shape index (κ1) is 18.1. The van der Waals surface area contributed by atoms with Gasteiger partial charge in [-0.3, -0.25) is 4.90 Å². The summed E-state index contributed by atoms with van der Waals surface area (Å²) in [5.41, 5.74) is 5.27. The topological polar surface area (TPSA) is 6.48 Å². The first-order valence-corrected chi connectivity index (χ1v) is 11.1. The van der Waals surface area contributed by atoms with Crippen molar-refractivity contribution in [1.29, 1.82) is 0 Å². The maximum Gasteiger partial charge on any atom is 0.0443 e. The number of piperazine rings is 1. The van der Waals surface area contributed by atoms with Gasteiger partial charge in [-0.1, -0.05) is 50.5 Å². The number of anilines is 1. The van der Waals surface area contributed by atoms with Crippen molar-refractivity contribution >= 4 is 11.3 Å². The molecule has 1 saturated heterocycles. The molecule has 0 amide bonds. The SMILES string of the molecule is CCCN1CCN(c2ccccc2C2=CCC3(CCCCC3)CC2)CC1. The Kier molecular flexibility index (Phi) is 5.69. The van der Waals surface area contributed by atoms with Crippen molar-refractivity contribution in [2.45, 2.75) is 64.7 Å². The summed E-state index contributed by atoms with van der Waals surface area (Å²) in [6.07, 6.45) is 15.2. The first-order valence-electron chi connectivity index (χ1n) is 11.1. The van der Waals surface area contributed by atoms with E-state index in [9.17, 15) is 0 Å². The van der Waals surface area contributed by atoms with Gasteiger partial charge in [0.15, 0.2) is 0 Å². The fourth-order valence-electron chi connectivity index (χ4n) is 5.49. The monoisotopic (exact) mass is 352 g/mol. The van der Waals surface area contributed by atoms with Gasteiger partial charge >= 0.3 is 0 Å². The number of benzene rings is 1. The van der Waals surface area contributed by atoms with Crippen molar-refractivity contribution < 1.29 is 0 Å². The van der Waals surface area contributed by atoms with Crippen LogP contribution in [0.4, 0.5) is 5.69 Å².